The molecule has 0 unspecified atom stereocenters. The molecule has 0 saturated carbocycles. The fourth-order valence-corrected chi connectivity index (χ4v) is 3.35. The minimum atomic E-state index is -0.762. The van der Waals surface area contributed by atoms with Crippen molar-refractivity contribution in [2.24, 2.45) is 11.7 Å². The number of nitrogens with one attached hydrogen (secondary N) is 2. The Morgan fingerprint density at radius 3 is 2.54 bits per heavy atom. The molecular weight excluding hydrogens is 336 g/mol. The Balaban J connectivity index is 1.55. The molecule has 1 saturated heterocycles. The third kappa shape index (κ3) is 3.84. The highest BCUT2D eigenvalue weighted by molar-refractivity contribution is 6.09. The number of fused-ring (bicyclic) bond motifs is 1. The lowest BCUT2D eigenvalue weighted by molar-refractivity contribution is -0.135. The van der Waals surface area contributed by atoms with Gasteiger partial charge in [-0.05, 0) is 31.4 Å². The van der Waals surface area contributed by atoms with Crippen LogP contribution in [0.3, 0.4) is 0 Å². The molecule has 0 bridgehead atoms. The predicted molar refractivity (Wildman–Crippen MR) is 94.1 cm³/mol. The Bertz CT molecular complexity index is 740. The van der Waals surface area contributed by atoms with E-state index in [-0.39, 0.29) is 42.4 Å². The van der Waals surface area contributed by atoms with E-state index in [4.69, 9.17) is 5.73 Å². The van der Waals surface area contributed by atoms with Gasteiger partial charge in [-0.15, -0.1) is 0 Å². The fourth-order valence-electron chi connectivity index (χ4n) is 3.35. The highest BCUT2D eigenvalue weighted by Gasteiger charge is 2.30. The Morgan fingerprint density at radius 2 is 1.85 bits per heavy atom. The molecule has 4 N–H and O–H groups in total. The zero-order valence-corrected chi connectivity index (χ0v) is 14.4. The van der Waals surface area contributed by atoms with Gasteiger partial charge in [0.25, 0.3) is 5.91 Å². The molecule has 1 aromatic carbocycles. The van der Waals surface area contributed by atoms with Crippen molar-refractivity contribution in [3.8, 4) is 0 Å². The number of hydrogen-bond donors (Lipinski definition) is 3. The van der Waals surface area contributed by atoms with Crippen molar-refractivity contribution < 1.29 is 19.2 Å². The van der Waals surface area contributed by atoms with E-state index in [9.17, 15) is 19.2 Å². The topological polar surface area (TPSA) is 122 Å². The molecule has 8 heteroatoms. The van der Waals surface area contributed by atoms with Crippen LogP contribution in [0.4, 0.5) is 5.69 Å². The van der Waals surface area contributed by atoms with Gasteiger partial charge in [0.05, 0.1) is 11.3 Å². The fraction of sp³-hybridized carbons (Fsp3) is 0.444. The molecule has 2 aliphatic rings. The van der Waals surface area contributed by atoms with Crippen LogP contribution in [0.2, 0.25) is 0 Å². The summed E-state index contributed by atoms with van der Waals surface area (Å²) < 4.78 is 0. The first-order chi connectivity index (χ1) is 12.5. The van der Waals surface area contributed by atoms with Crippen LogP contribution in [-0.4, -0.2) is 47.7 Å². The van der Waals surface area contributed by atoms with Crippen molar-refractivity contribution in [1.82, 2.24) is 10.2 Å². The molecule has 3 rings (SSSR count). The smallest absolute Gasteiger partial charge is 0.254 e. The van der Waals surface area contributed by atoms with Gasteiger partial charge >= 0.3 is 0 Å². The molecule has 1 fully saturated rings. The van der Waals surface area contributed by atoms with E-state index in [0.717, 1.165) is 0 Å². The van der Waals surface area contributed by atoms with Crippen LogP contribution in [-0.2, 0) is 14.4 Å². The number of nitrogens with zero attached hydrogens (tertiary/aromatic N) is 1. The number of hydrogen-bond acceptors (Lipinski definition) is 4. The number of carbonyl (C=O) groups is 4. The third-order valence-electron chi connectivity index (χ3n) is 4.95. The van der Waals surface area contributed by atoms with E-state index < -0.39 is 6.04 Å². The van der Waals surface area contributed by atoms with Gasteiger partial charge in [0.1, 0.15) is 6.04 Å². The van der Waals surface area contributed by atoms with Gasteiger partial charge in [-0.2, -0.15) is 0 Å². The number of carbonyl (C=O) groups excluding carboxylic acids is 4. The normalized spacial score (nSPS) is 20.6. The molecule has 0 aliphatic carbocycles. The molecule has 2 aliphatic heterocycles. The summed E-state index contributed by atoms with van der Waals surface area (Å²) in [6.07, 6.45) is 1.50. The maximum atomic E-state index is 12.4. The summed E-state index contributed by atoms with van der Waals surface area (Å²) in [5.41, 5.74) is 6.17. The van der Waals surface area contributed by atoms with E-state index >= 15 is 0 Å². The van der Waals surface area contributed by atoms with Crippen molar-refractivity contribution in [1.29, 1.82) is 0 Å². The van der Waals surface area contributed by atoms with Crippen molar-refractivity contribution in [2.45, 2.75) is 31.7 Å². The van der Waals surface area contributed by atoms with Gasteiger partial charge in [0.15, 0.2) is 0 Å². The Kier molecular flexibility index (Phi) is 5.20. The number of primary amides is 1. The number of piperidine rings is 1. The van der Waals surface area contributed by atoms with Gasteiger partial charge in [-0.3, -0.25) is 19.2 Å². The summed E-state index contributed by atoms with van der Waals surface area (Å²) in [6.45, 7) is 0.974. The van der Waals surface area contributed by atoms with Gasteiger partial charge in [-0.1, -0.05) is 12.1 Å². The zero-order chi connectivity index (χ0) is 18.7. The standard InChI is InChI=1S/C18H22N4O4/c19-16(24)11-7-9-22(10-8-11)15(23)6-5-14-18(26)20-13-4-2-1-3-12(13)17(25)21-14/h1-4,11,14H,5-10H2,(H2,19,24)(H,20,26)(H,21,25)/t14-/m1/s1. The maximum Gasteiger partial charge on any atom is 0.254 e. The Morgan fingerprint density at radius 1 is 1.15 bits per heavy atom. The molecule has 0 aromatic heterocycles. The molecule has 2 heterocycles. The average Bonchev–Trinajstić information content (AvgIpc) is 2.76. The number of rotatable bonds is 4. The Hall–Kier alpha value is -2.90. The number of para-hydroxylation sites is 1. The van der Waals surface area contributed by atoms with Crippen LogP contribution in [0.15, 0.2) is 24.3 Å². The van der Waals surface area contributed by atoms with Gasteiger partial charge in [0.2, 0.25) is 17.7 Å². The molecule has 0 spiro atoms. The van der Waals surface area contributed by atoms with Crippen LogP contribution in [0.25, 0.3) is 0 Å². The molecule has 8 nitrogen and oxygen atoms in total. The van der Waals surface area contributed by atoms with Crippen LogP contribution in [0.5, 0.6) is 0 Å². The zero-order valence-electron chi connectivity index (χ0n) is 14.4. The number of amides is 4. The maximum absolute atomic E-state index is 12.4. The first-order valence-electron chi connectivity index (χ1n) is 8.73. The second kappa shape index (κ2) is 7.55. The van der Waals surface area contributed by atoms with E-state index in [0.29, 0.717) is 37.2 Å². The number of anilines is 1. The van der Waals surface area contributed by atoms with Crippen molar-refractivity contribution in [3.63, 3.8) is 0 Å². The highest BCUT2D eigenvalue weighted by atomic mass is 16.2. The second-order valence-corrected chi connectivity index (χ2v) is 6.66. The van der Waals surface area contributed by atoms with Crippen molar-refractivity contribution in [3.05, 3.63) is 29.8 Å². The molecule has 1 aromatic rings. The van der Waals surface area contributed by atoms with Crippen LogP contribution in [0, 0.1) is 5.92 Å². The summed E-state index contributed by atoms with van der Waals surface area (Å²) in [5, 5.41) is 5.41. The number of likely N-dealkylation sites (tertiary alicyclic amines) is 1. The third-order valence-corrected chi connectivity index (χ3v) is 4.95. The molecular formula is C18H22N4O4. The molecule has 138 valence electrons. The Labute approximate surface area is 151 Å². The van der Waals surface area contributed by atoms with Gasteiger partial charge in [-0.25, -0.2) is 0 Å². The largest absolute Gasteiger partial charge is 0.369 e. The quantitative estimate of drug-likeness (QED) is 0.714. The lowest BCUT2D eigenvalue weighted by Gasteiger charge is -2.31. The van der Waals surface area contributed by atoms with Crippen molar-refractivity contribution in [2.75, 3.05) is 18.4 Å². The van der Waals surface area contributed by atoms with Gasteiger partial charge < -0.3 is 21.3 Å². The first kappa shape index (κ1) is 17.9. The lowest BCUT2D eigenvalue weighted by Crippen LogP contribution is -2.44. The van der Waals surface area contributed by atoms with Crippen LogP contribution in [0.1, 0.15) is 36.0 Å². The number of nitrogens with two attached hydrogens (primary N) is 1. The molecule has 0 radical (unpaired) electrons. The first-order valence-corrected chi connectivity index (χ1v) is 8.73. The summed E-state index contributed by atoms with van der Waals surface area (Å²) in [7, 11) is 0. The van der Waals surface area contributed by atoms with E-state index in [1.165, 1.54) is 0 Å². The van der Waals surface area contributed by atoms with Crippen LogP contribution >= 0.6 is 0 Å². The molecule has 4 amide bonds. The average molecular weight is 358 g/mol. The summed E-state index contributed by atoms with van der Waals surface area (Å²) >= 11 is 0. The lowest BCUT2D eigenvalue weighted by atomic mass is 9.96. The summed E-state index contributed by atoms with van der Waals surface area (Å²) in [6, 6.07) is 6.02. The number of benzene rings is 1. The van der Waals surface area contributed by atoms with E-state index in [2.05, 4.69) is 10.6 Å². The van der Waals surface area contributed by atoms with E-state index in [1.54, 1.807) is 29.2 Å². The van der Waals surface area contributed by atoms with Crippen molar-refractivity contribution >= 4 is 29.3 Å². The highest BCUT2D eigenvalue weighted by Crippen LogP contribution is 2.21. The van der Waals surface area contributed by atoms with Gasteiger partial charge in [0, 0.05) is 25.4 Å². The minimum absolute atomic E-state index is 0.0864. The summed E-state index contributed by atoms with van der Waals surface area (Å²) in [5.74, 6) is -1.25. The second-order valence-electron chi connectivity index (χ2n) is 6.66. The molecule has 26 heavy (non-hydrogen) atoms. The minimum Gasteiger partial charge on any atom is -0.369 e. The predicted octanol–water partition coefficient (Wildman–Crippen LogP) is 0.241. The monoisotopic (exact) mass is 358 g/mol. The van der Waals surface area contributed by atoms with Crippen LogP contribution < -0.4 is 16.4 Å². The summed E-state index contributed by atoms with van der Waals surface area (Å²) in [4.78, 5) is 49.8. The molecule has 1 atom stereocenters. The van der Waals surface area contributed by atoms with E-state index in [1.807, 2.05) is 0 Å². The SMILES string of the molecule is NC(=O)C1CCN(C(=O)CC[C@H]2NC(=O)c3ccccc3NC2=O)CC1.